The zero-order valence-electron chi connectivity index (χ0n) is 17.3. The first-order valence-electron chi connectivity index (χ1n) is 9.97. The number of halogens is 1. The minimum Gasteiger partial charge on any atom is -0.466 e. The average Bonchev–Trinajstić information content (AvgIpc) is 2.98. The molecule has 1 N–H and O–H groups in total. The van der Waals surface area contributed by atoms with Crippen LogP contribution in [0.5, 0.6) is 5.75 Å². The van der Waals surface area contributed by atoms with E-state index in [4.69, 9.17) is 14.2 Å². The fraction of sp³-hybridized carbons (Fsp3) is 0.600. The van der Waals surface area contributed by atoms with Crippen LogP contribution in [0.1, 0.15) is 26.3 Å². The molecule has 0 bridgehead atoms. The van der Waals surface area contributed by atoms with Crippen molar-refractivity contribution < 1.29 is 28.2 Å². The van der Waals surface area contributed by atoms with Gasteiger partial charge in [-0.1, -0.05) is 0 Å². The van der Waals surface area contributed by atoms with Gasteiger partial charge in [0.25, 0.3) is 0 Å². The van der Waals surface area contributed by atoms with E-state index in [1.54, 1.807) is 26.8 Å². The molecule has 1 aromatic carbocycles. The van der Waals surface area contributed by atoms with Gasteiger partial charge in [-0.3, -0.25) is 4.90 Å². The van der Waals surface area contributed by atoms with Gasteiger partial charge in [-0.15, -0.1) is 0 Å². The predicted octanol–water partition coefficient (Wildman–Crippen LogP) is 2.94. The van der Waals surface area contributed by atoms with Crippen molar-refractivity contribution >= 4 is 29.6 Å². The number of carbonyl (C=O) groups excluding carboxylic acids is 2. The Morgan fingerprint density at radius 1 is 1.30 bits per heavy atom. The van der Waals surface area contributed by atoms with Crippen LogP contribution >= 0.6 is 11.8 Å². The predicted molar refractivity (Wildman–Crippen MR) is 110 cm³/mol. The fourth-order valence-corrected chi connectivity index (χ4v) is 4.58. The van der Waals surface area contributed by atoms with E-state index in [9.17, 15) is 14.0 Å². The normalized spacial score (nSPS) is 23.3. The molecule has 1 aromatic rings. The number of nitrogens with zero attached hydrogens (tertiary/aromatic N) is 2. The van der Waals surface area contributed by atoms with Gasteiger partial charge < -0.3 is 24.4 Å². The zero-order valence-corrected chi connectivity index (χ0v) is 18.1. The Morgan fingerprint density at radius 2 is 2.03 bits per heavy atom. The summed E-state index contributed by atoms with van der Waals surface area (Å²) in [5.74, 6) is 1.96. The highest BCUT2D eigenvalue weighted by atomic mass is 32.2. The molecular formula is C20H26FN3O5S. The maximum atomic E-state index is 14.8. The summed E-state index contributed by atoms with van der Waals surface area (Å²) in [7, 11) is 0. The van der Waals surface area contributed by atoms with E-state index in [-0.39, 0.29) is 18.9 Å². The topological polar surface area (TPSA) is 80.3 Å². The van der Waals surface area contributed by atoms with Crippen LogP contribution in [0.4, 0.5) is 19.7 Å². The first-order chi connectivity index (χ1) is 14.2. The molecule has 2 amide bonds. The van der Waals surface area contributed by atoms with Crippen LogP contribution in [-0.4, -0.2) is 66.2 Å². The Kier molecular flexibility index (Phi) is 5.61. The SMILES string of the molecule is CC(C)(C)OC(=O)NC[C@@H]1OC(=O)N2Cc3cc(N4CCSCC4)c(F)cc3O[C@@H]12. The first kappa shape index (κ1) is 20.9. The number of carbonyl (C=O) groups is 2. The van der Waals surface area contributed by atoms with Crippen LogP contribution in [-0.2, 0) is 16.0 Å². The highest BCUT2D eigenvalue weighted by Gasteiger charge is 2.46. The standard InChI is InChI=1S/C20H26FN3O5S/c1-20(2,3)29-18(25)22-10-16-17-24(19(26)28-16)11-12-8-14(13(21)9-15(12)27-17)23-4-6-30-7-5-23/h8-9,16-17H,4-7,10-11H2,1-3H3,(H,22,25)/t16-,17-/m0/s1. The fourth-order valence-electron chi connectivity index (χ4n) is 3.67. The molecule has 4 rings (SSSR count). The third-order valence-corrected chi connectivity index (χ3v) is 5.97. The highest BCUT2D eigenvalue weighted by molar-refractivity contribution is 7.99. The zero-order chi connectivity index (χ0) is 21.5. The van der Waals surface area contributed by atoms with Gasteiger partial charge in [-0.05, 0) is 26.8 Å². The first-order valence-corrected chi connectivity index (χ1v) is 11.1. The number of nitrogens with one attached hydrogen (secondary N) is 1. The molecule has 8 nitrogen and oxygen atoms in total. The quantitative estimate of drug-likeness (QED) is 0.776. The van der Waals surface area contributed by atoms with Crippen molar-refractivity contribution in [3.8, 4) is 5.75 Å². The largest absolute Gasteiger partial charge is 0.466 e. The molecule has 10 heteroatoms. The minimum absolute atomic E-state index is 0.0309. The van der Waals surface area contributed by atoms with E-state index >= 15 is 0 Å². The van der Waals surface area contributed by atoms with Crippen molar-refractivity contribution in [1.82, 2.24) is 10.2 Å². The number of hydrogen-bond acceptors (Lipinski definition) is 7. The molecule has 2 fully saturated rings. The molecule has 2 saturated heterocycles. The Labute approximate surface area is 179 Å². The number of anilines is 1. The lowest BCUT2D eigenvalue weighted by Crippen LogP contribution is -2.48. The van der Waals surface area contributed by atoms with Gasteiger partial charge in [0.2, 0.25) is 6.23 Å². The van der Waals surface area contributed by atoms with E-state index < -0.39 is 30.1 Å². The van der Waals surface area contributed by atoms with Crippen LogP contribution in [0, 0.1) is 5.82 Å². The summed E-state index contributed by atoms with van der Waals surface area (Å²) in [5, 5.41) is 2.59. The summed E-state index contributed by atoms with van der Waals surface area (Å²) in [6, 6.07) is 3.14. The van der Waals surface area contributed by atoms with Crippen molar-refractivity contribution in [2.75, 3.05) is 36.0 Å². The Hall–Kier alpha value is -2.36. The molecule has 3 aliphatic heterocycles. The molecule has 164 valence electrons. The van der Waals surface area contributed by atoms with Gasteiger partial charge in [-0.2, -0.15) is 11.8 Å². The summed E-state index contributed by atoms with van der Waals surface area (Å²) in [6.07, 6.45) is -2.60. The van der Waals surface area contributed by atoms with Crippen LogP contribution < -0.4 is 15.0 Å². The van der Waals surface area contributed by atoms with Crippen LogP contribution in [0.25, 0.3) is 0 Å². The van der Waals surface area contributed by atoms with Crippen molar-refractivity contribution in [1.29, 1.82) is 0 Å². The monoisotopic (exact) mass is 439 g/mol. The third kappa shape index (κ3) is 4.38. The van der Waals surface area contributed by atoms with E-state index in [2.05, 4.69) is 5.32 Å². The summed E-state index contributed by atoms with van der Waals surface area (Å²) in [5.41, 5.74) is 0.635. The summed E-state index contributed by atoms with van der Waals surface area (Å²) in [6.45, 7) is 7.15. The molecule has 0 spiro atoms. The number of hydrogen-bond donors (Lipinski definition) is 1. The summed E-state index contributed by atoms with van der Waals surface area (Å²) >= 11 is 1.85. The third-order valence-electron chi connectivity index (χ3n) is 5.03. The lowest BCUT2D eigenvalue weighted by Gasteiger charge is -2.34. The number of fused-ring (bicyclic) bond motifs is 2. The van der Waals surface area contributed by atoms with E-state index in [1.165, 1.54) is 11.0 Å². The maximum Gasteiger partial charge on any atom is 0.413 e. The van der Waals surface area contributed by atoms with Gasteiger partial charge >= 0.3 is 12.2 Å². The van der Waals surface area contributed by atoms with Crippen LogP contribution in [0.3, 0.4) is 0 Å². The molecule has 0 saturated carbocycles. The highest BCUT2D eigenvalue weighted by Crippen LogP contribution is 2.37. The van der Waals surface area contributed by atoms with Gasteiger partial charge in [0.15, 0.2) is 6.10 Å². The van der Waals surface area contributed by atoms with Gasteiger partial charge in [-0.25, -0.2) is 14.0 Å². The summed E-state index contributed by atoms with van der Waals surface area (Å²) < 4.78 is 31.3. The van der Waals surface area contributed by atoms with Crippen molar-refractivity contribution in [3.63, 3.8) is 0 Å². The number of cyclic esters (lactones) is 1. The lowest BCUT2D eigenvalue weighted by molar-refractivity contribution is 0.0143. The van der Waals surface area contributed by atoms with E-state index in [0.717, 1.165) is 30.2 Å². The number of benzene rings is 1. The van der Waals surface area contributed by atoms with E-state index in [1.807, 2.05) is 16.7 Å². The van der Waals surface area contributed by atoms with Gasteiger partial charge in [0.05, 0.1) is 18.8 Å². The average molecular weight is 440 g/mol. The summed E-state index contributed by atoms with van der Waals surface area (Å²) in [4.78, 5) is 27.7. The second-order valence-corrected chi connectivity index (χ2v) is 9.68. The number of ether oxygens (including phenoxy) is 3. The van der Waals surface area contributed by atoms with Crippen molar-refractivity contribution in [2.45, 2.75) is 45.2 Å². The second-order valence-electron chi connectivity index (χ2n) is 8.45. The molecule has 0 unspecified atom stereocenters. The van der Waals surface area contributed by atoms with Gasteiger partial charge in [0, 0.05) is 36.2 Å². The second kappa shape index (κ2) is 8.05. The molecule has 2 atom stereocenters. The number of thioether (sulfide) groups is 1. The molecule has 30 heavy (non-hydrogen) atoms. The Bertz CT molecular complexity index is 840. The van der Waals surface area contributed by atoms with Crippen molar-refractivity contribution in [2.24, 2.45) is 0 Å². The minimum atomic E-state index is -0.739. The van der Waals surface area contributed by atoms with Crippen LogP contribution in [0.2, 0.25) is 0 Å². The Morgan fingerprint density at radius 3 is 2.73 bits per heavy atom. The number of rotatable bonds is 3. The lowest BCUT2D eigenvalue weighted by atomic mass is 10.1. The van der Waals surface area contributed by atoms with Crippen molar-refractivity contribution in [3.05, 3.63) is 23.5 Å². The Balaban J connectivity index is 1.47. The van der Waals surface area contributed by atoms with Crippen LogP contribution in [0.15, 0.2) is 12.1 Å². The molecule has 0 aliphatic carbocycles. The molecule has 0 aromatic heterocycles. The van der Waals surface area contributed by atoms with Gasteiger partial charge in [0.1, 0.15) is 17.2 Å². The molecule has 3 heterocycles. The molecule has 0 radical (unpaired) electrons. The molecular weight excluding hydrogens is 413 g/mol. The molecule has 3 aliphatic rings. The smallest absolute Gasteiger partial charge is 0.413 e. The maximum absolute atomic E-state index is 14.8. The number of alkyl carbamates (subject to hydrolysis) is 1. The number of amides is 2. The van der Waals surface area contributed by atoms with E-state index in [0.29, 0.717) is 11.4 Å².